The number of hydrogen-bond acceptors (Lipinski definition) is 10. The Morgan fingerprint density at radius 3 is 2.72 bits per heavy atom. The Morgan fingerprint density at radius 1 is 1.28 bits per heavy atom. The number of fused-ring (bicyclic) bond motifs is 1. The van der Waals surface area contributed by atoms with Crippen molar-refractivity contribution < 1.29 is 38.6 Å². The van der Waals surface area contributed by atoms with Crippen LogP contribution in [0.5, 0.6) is 0 Å². The fourth-order valence-corrected chi connectivity index (χ4v) is 3.20. The number of rotatable bonds is 8. The number of amides is 1. The molecule has 2 aromatic rings. The van der Waals surface area contributed by atoms with Gasteiger partial charge in [-0.1, -0.05) is 0 Å². The van der Waals surface area contributed by atoms with E-state index in [1.807, 2.05) is 0 Å². The number of anilines is 1. The molecule has 15 heteroatoms. The van der Waals surface area contributed by atoms with Crippen LogP contribution in [-0.4, -0.2) is 83.4 Å². The second-order valence-corrected chi connectivity index (χ2v) is 7.53. The summed E-state index contributed by atoms with van der Waals surface area (Å²) in [6, 6.07) is 0. The SMILES string of the molecule is CC(=O)NCCNc1ncnc2c1ncn2C1O[C@H](COP(=O)(O)O)[C@@H](O)[C@H]1O. The number of ether oxygens (including phenoxy) is 1. The zero-order valence-corrected chi connectivity index (χ0v) is 16.1. The molecule has 0 aromatic carbocycles. The molecule has 1 aliphatic heterocycles. The van der Waals surface area contributed by atoms with Gasteiger partial charge in [0.25, 0.3) is 0 Å². The standard InChI is InChI=1S/C14H21N6O8P/c1-7(21)15-2-3-16-12-9-13(18-5-17-12)20(6-19-9)14-11(23)10(22)8(28-14)4-27-29(24,25)26/h5-6,8,10-11,14,22-23H,2-4H2,1H3,(H,15,21)(H,16,17,18)(H2,24,25,26)/t8-,10-,11-,14?/m1/s1. The zero-order chi connectivity index (χ0) is 21.2. The van der Waals surface area contributed by atoms with Crippen LogP contribution < -0.4 is 10.6 Å². The van der Waals surface area contributed by atoms with Gasteiger partial charge in [-0.3, -0.25) is 13.9 Å². The second kappa shape index (κ2) is 8.67. The van der Waals surface area contributed by atoms with Crippen molar-refractivity contribution >= 4 is 30.7 Å². The predicted molar refractivity (Wildman–Crippen MR) is 96.4 cm³/mol. The summed E-state index contributed by atoms with van der Waals surface area (Å²) in [5.41, 5.74) is 0.672. The molecular formula is C14H21N6O8P. The first-order valence-corrected chi connectivity index (χ1v) is 10.1. The third-order valence-electron chi connectivity index (χ3n) is 4.17. The molecular weight excluding hydrogens is 411 g/mol. The molecule has 6 N–H and O–H groups in total. The topological polar surface area (TPSA) is 201 Å². The largest absolute Gasteiger partial charge is 0.469 e. The van der Waals surface area contributed by atoms with Gasteiger partial charge in [0.15, 0.2) is 23.2 Å². The summed E-state index contributed by atoms with van der Waals surface area (Å²) in [6.07, 6.45) is -2.52. The number of nitrogens with one attached hydrogen (secondary N) is 2. The van der Waals surface area contributed by atoms with Gasteiger partial charge in [-0.05, 0) is 0 Å². The van der Waals surface area contributed by atoms with Crippen LogP contribution in [0.4, 0.5) is 5.82 Å². The minimum atomic E-state index is -4.76. The molecule has 0 radical (unpaired) electrons. The summed E-state index contributed by atoms with van der Waals surface area (Å²) in [4.78, 5) is 40.9. The maximum absolute atomic E-state index is 10.9. The maximum Gasteiger partial charge on any atom is 0.469 e. The molecule has 4 atom stereocenters. The molecule has 0 bridgehead atoms. The van der Waals surface area contributed by atoms with Crippen molar-refractivity contribution in [1.82, 2.24) is 24.8 Å². The van der Waals surface area contributed by atoms with E-state index in [9.17, 15) is 19.6 Å². The highest BCUT2D eigenvalue weighted by Crippen LogP contribution is 2.38. The van der Waals surface area contributed by atoms with E-state index in [-0.39, 0.29) is 5.91 Å². The molecule has 0 aliphatic carbocycles. The zero-order valence-electron chi connectivity index (χ0n) is 15.2. The van der Waals surface area contributed by atoms with Crippen molar-refractivity contribution in [3.63, 3.8) is 0 Å². The highest BCUT2D eigenvalue weighted by atomic mass is 31.2. The number of carbonyl (C=O) groups excluding carboxylic acids is 1. The first-order valence-electron chi connectivity index (χ1n) is 8.55. The van der Waals surface area contributed by atoms with E-state index in [2.05, 4.69) is 30.1 Å². The van der Waals surface area contributed by atoms with Crippen LogP contribution in [0.1, 0.15) is 13.2 Å². The number of imidazole rings is 1. The lowest BCUT2D eigenvalue weighted by Crippen LogP contribution is -2.33. The minimum Gasteiger partial charge on any atom is -0.387 e. The lowest BCUT2D eigenvalue weighted by Gasteiger charge is -2.16. The van der Waals surface area contributed by atoms with E-state index in [4.69, 9.17) is 14.5 Å². The summed E-state index contributed by atoms with van der Waals surface area (Å²) < 4.78 is 22.1. The number of carbonyl (C=O) groups is 1. The van der Waals surface area contributed by atoms with E-state index in [0.717, 1.165) is 0 Å². The molecule has 14 nitrogen and oxygen atoms in total. The van der Waals surface area contributed by atoms with Crippen LogP contribution in [0.3, 0.4) is 0 Å². The lowest BCUT2D eigenvalue weighted by molar-refractivity contribution is -0.118. The molecule has 1 amide bonds. The van der Waals surface area contributed by atoms with Crippen molar-refractivity contribution in [3.8, 4) is 0 Å². The van der Waals surface area contributed by atoms with Gasteiger partial charge in [-0.25, -0.2) is 19.5 Å². The van der Waals surface area contributed by atoms with Gasteiger partial charge >= 0.3 is 7.82 Å². The smallest absolute Gasteiger partial charge is 0.387 e. The van der Waals surface area contributed by atoms with E-state index in [0.29, 0.717) is 30.1 Å². The Morgan fingerprint density at radius 2 is 2.03 bits per heavy atom. The number of phosphoric ester groups is 1. The average molecular weight is 432 g/mol. The molecule has 29 heavy (non-hydrogen) atoms. The van der Waals surface area contributed by atoms with Crippen LogP contribution in [0.15, 0.2) is 12.7 Å². The molecule has 0 spiro atoms. The highest BCUT2D eigenvalue weighted by Gasteiger charge is 2.45. The number of aliphatic hydroxyl groups is 2. The number of phosphoric acid groups is 1. The number of aromatic nitrogens is 4. The molecule has 3 rings (SSSR count). The fraction of sp³-hybridized carbons (Fsp3) is 0.571. The molecule has 2 aromatic heterocycles. The third kappa shape index (κ3) is 5.05. The monoisotopic (exact) mass is 432 g/mol. The molecule has 0 saturated carbocycles. The summed E-state index contributed by atoms with van der Waals surface area (Å²) in [6.45, 7) is 1.56. The molecule has 160 valence electrons. The maximum atomic E-state index is 10.9. The van der Waals surface area contributed by atoms with Crippen molar-refractivity contribution in [2.75, 3.05) is 25.0 Å². The number of hydrogen-bond donors (Lipinski definition) is 6. The van der Waals surface area contributed by atoms with Crippen molar-refractivity contribution in [2.24, 2.45) is 0 Å². The van der Waals surface area contributed by atoms with Crippen LogP contribution in [-0.2, 0) is 18.6 Å². The van der Waals surface area contributed by atoms with E-state index >= 15 is 0 Å². The van der Waals surface area contributed by atoms with Crippen LogP contribution in [0.25, 0.3) is 11.2 Å². The van der Waals surface area contributed by atoms with Crippen molar-refractivity contribution in [3.05, 3.63) is 12.7 Å². The van der Waals surface area contributed by atoms with Gasteiger partial charge in [0.05, 0.1) is 12.9 Å². The third-order valence-corrected chi connectivity index (χ3v) is 4.65. The Bertz CT molecular complexity index is 919. The molecule has 1 fully saturated rings. The van der Waals surface area contributed by atoms with Gasteiger partial charge in [0.1, 0.15) is 24.6 Å². The van der Waals surface area contributed by atoms with Gasteiger partial charge in [-0.15, -0.1) is 0 Å². The number of aliphatic hydroxyl groups excluding tert-OH is 2. The van der Waals surface area contributed by atoms with Gasteiger partial charge in [0, 0.05) is 20.0 Å². The summed E-state index contributed by atoms with van der Waals surface area (Å²) in [5.74, 6) is 0.237. The summed E-state index contributed by atoms with van der Waals surface area (Å²) >= 11 is 0. The Kier molecular flexibility index (Phi) is 6.43. The van der Waals surface area contributed by atoms with Gasteiger partial charge in [-0.2, -0.15) is 0 Å². The highest BCUT2D eigenvalue weighted by molar-refractivity contribution is 7.46. The predicted octanol–water partition coefficient (Wildman–Crippen LogP) is -1.90. The van der Waals surface area contributed by atoms with Crippen LogP contribution in [0, 0.1) is 0 Å². The Balaban J connectivity index is 1.75. The van der Waals surface area contributed by atoms with E-state index < -0.39 is 39.0 Å². The molecule has 1 saturated heterocycles. The van der Waals surface area contributed by atoms with Gasteiger partial charge < -0.3 is 35.4 Å². The van der Waals surface area contributed by atoms with Crippen LogP contribution in [0.2, 0.25) is 0 Å². The van der Waals surface area contributed by atoms with Crippen molar-refractivity contribution in [1.29, 1.82) is 0 Å². The average Bonchev–Trinajstić information content (AvgIpc) is 3.19. The minimum absolute atomic E-state index is 0.160. The molecule has 1 aliphatic rings. The van der Waals surface area contributed by atoms with Crippen LogP contribution >= 0.6 is 7.82 Å². The Hall–Kier alpha value is -2.19. The number of nitrogens with zero attached hydrogens (tertiary/aromatic N) is 4. The molecule has 3 heterocycles. The summed E-state index contributed by atoms with van der Waals surface area (Å²) in [5, 5.41) is 26.1. The first-order chi connectivity index (χ1) is 13.7. The van der Waals surface area contributed by atoms with Gasteiger partial charge in [0.2, 0.25) is 5.91 Å². The Labute approximate surface area is 164 Å². The van der Waals surface area contributed by atoms with Crippen molar-refractivity contribution in [2.45, 2.75) is 31.5 Å². The molecule has 1 unspecified atom stereocenters. The first kappa shape index (κ1) is 21.5. The quantitative estimate of drug-likeness (QED) is 0.200. The normalized spacial score (nSPS) is 24.7. The lowest BCUT2D eigenvalue weighted by atomic mass is 10.1. The summed E-state index contributed by atoms with van der Waals surface area (Å²) in [7, 11) is -4.76. The second-order valence-electron chi connectivity index (χ2n) is 6.29. The van der Waals surface area contributed by atoms with E-state index in [1.165, 1.54) is 24.1 Å². The van der Waals surface area contributed by atoms with E-state index in [1.54, 1.807) is 0 Å². The fourth-order valence-electron chi connectivity index (χ4n) is 2.85.